The van der Waals surface area contributed by atoms with Crippen molar-refractivity contribution in [3.05, 3.63) is 48.2 Å². The molecule has 0 aliphatic rings. The first-order valence-electron chi connectivity index (χ1n) is 7.72. The molecule has 0 unspecified atom stereocenters. The SMILES string of the molecule is COCCCNc1nccc(NCCCc2ccccc2)n1. The van der Waals surface area contributed by atoms with Crippen LogP contribution in [0.1, 0.15) is 18.4 Å². The predicted octanol–water partition coefficient (Wildman–Crippen LogP) is 2.97. The molecule has 5 nitrogen and oxygen atoms in total. The maximum atomic E-state index is 5.01. The van der Waals surface area contributed by atoms with Gasteiger partial charge in [0.05, 0.1) is 0 Å². The quantitative estimate of drug-likeness (QED) is 0.661. The van der Waals surface area contributed by atoms with Gasteiger partial charge >= 0.3 is 0 Å². The predicted molar refractivity (Wildman–Crippen MR) is 90.3 cm³/mol. The van der Waals surface area contributed by atoms with E-state index in [0.717, 1.165) is 44.8 Å². The molecule has 2 rings (SSSR count). The number of hydrogen-bond acceptors (Lipinski definition) is 5. The molecule has 0 saturated carbocycles. The first-order valence-corrected chi connectivity index (χ1v) is 7.72. The zero-order valence-corrected chi connectivity index (χ0v) is 13.1. The van der Waals surface area contributed by atoms with Gasteiger partial charge in [-0.05, 0) is 30.9 Å². The lowest BCUT2D eigenvalue weighted by Gasteiger charge is -2.08. The van der Waals surface area contributed by atoms with Crippen molar-refractivity contribution in [2.45, 2.75) is 19.3 Å². The molecule has 118 valence electrons. The van der Waals surface area contributed by atoms with Crippen LogP contribution in [0.25, 0.3) is 0 Å². The molecule has 1 aromatic heterocycles. The van der Waals surface area contributed by atoms with Gasteiger partial charge in [-0.15, -0.1) is 0 Å². The van der Waals surface area contributed by atoms with Crippen LogP contribution in [0.15, 0.2) is 42.6 Å². The standard InChI is InChI=1S/C17H24N4O/c1-22-14-6-12-19-17-20-13-10-16(21-17)18-11-5-9-15-7-3-2-4-8-15/h2-4,7-8,10,13H,5-6,9,11-12,14H2,1H3,(H2,18,19,20,21). The second-order valence-corrected chi connectivity index (χ2v) is 5.05. The maximum absolute atomic E-state index is 5.01. The summed E-state index contributed by atoms with van der Waals surface area (Å²) in [5.41, 5.74) is 1.37. The van der Waals surface area contributed by atoms with Crippen LogP contribution in [0, 0.1) is 0 Å². The summed E-state index contributed by atoms with van der Waals surface area (Å²) in [4.78, 5) is 8.65. The van der Waals surface area contributed by atoms with Gasteiger partial charge in [-0.2, -0.15) is 4.98 Å². The summed E-state index contributed by atoms with van der Waals surface area (Å²) in [5.74, 6) is 1.52. The van der Waals surface area contributed by atoms with Gasteiger partial charge in [-0.3, -0.25) is 0 Å². The monoisotopic (exact) mass is 300 g/mol. The number of benzene rings is 1. The molecule has 0 saturated heterocycles. The molecule has 1 aromatic carbocycles. The Morgan fingerprint density at radius 3 is 2.64 bits per heavy atom. The first kappa shape index (κ1) is 16.2. The van der Waals surface area contributed by atoms with E-state index in [2.05, 4.69) is 44.9 Å². The molecule has 22 heavy (non-hydrogen) atoms. The Balaban J connectivity index is 1.69. The fraction of sp³-hybridized carbons (Fsp3) is 0.412. The smallest absolute Gasteiger partial charge is 0.224 e. The highest BCUT2D eigenvalue weighted by Crippen LogP contribution is 2.07. The molecule has 0 bridgehead atoms. The summed E-state index contributed by atoms with van der Waals surface area (Å²) >= 11 is 0. The van der Waals surface area contributed by atoms with Gasteiger partial charge in [0.1, 0.15) is 5.82 Å². The summed E-state index contributed by atoms with van der Waals surface area (Å²) in [7, 11) is 1.70. The number of rotatable bonds is 10. The largest absolute Gasteiger partial charge is 0.385 e. The van der Waals surface area contributed by atoms with Crippen molar-refractivity contribution in [2.75, 3.05) is 37.4 Å². The van der Waals surface area contributed by atoms with Crippen LogP contribution >= 0.6 is 0 Å². The number of nitrogens with zero attached hydrogens (tertiary/aromatic N) is 2. The molecule has 0 aliphatic carbocycles. The lowest BCUT2D eigenvalue weighted by atomic mass is 10.1. The molecule has 0 fully saturated rings. The van der Waals surface area contributed by atoms with Crippen LogP contribution in [0.3, 0.4) is 0 Å². The third-order valence-corrected chi connectivity index (χ3v) is 3.26. The van der Waals surface area contributed by atoms with Gasteiger partial charge in [0.15, 0.2) is 0 Å². The van der Waals surface area contributed by atoms with Crippen LogP contribution in [0.2, 0.25) is 0 Å². The lowest BCUT2D eigenvalue weighted by molar-refractivity contribution is 0.197. The van der Waals surface area contributed by atoms with Gasteiger partial charge in [0.25, 0.3) is 0 Å². The average molecular weight is 300 g/mol. The van der Waals surface area contributed by atoms with Gasteiger partial charge in [0.2, 0.25) is 5.95 Å². The highest BCUT2D eigenvalue weighted by atomic mass is 16.5. The van der Waals surface area contributed by atoms with E-state index in [4.69, 9.17) is 4.74 Å². The third kappa shape index (κ3) is 6.10. The van der Waals surface area contributed by atoms with E-state index in [1.807, 2.05) is 12.1 Å². The van der Waals surface area contributed by atoms with Gasteiger partial charge in [-0.25, -0.2) is 4.98 Å². The van der Waals surface area contributed by atoms with Gasteiger partial charge in [0, 0.05) is 33.0 Å². The number of nitrogens with one attached hydrogen (secondary N) is 2. The molecule has 5 heteroatoms. The van der Waals surface area contributed by atoms with Gasteiger partial charge < -0.3 is 15.4 Å². The minimum atomic E-state index is 0.657. The Morgan fingerprint density at radius 2 is 1.82 bits per heavy atom. The first-order chi connectivity index (χ1) is 10.9. The number of methoxy groups -OCH3 is 1. The summed E-state index contributed by atoms with van der Waals surface area (Å²) in [6, 6.07) is 12.4. The second-order valence-electron chi connectivity index (χ2n) is 5.05. The zero-order chi connectivity index (χ0) is 15.5. The van der Waals surface area contributed by atoms with Crippen molar-refractivity contribution >= 4 is 11.8 Å². The van der Waals surface area contributed by atoms with Crippen LogP contribution in [0.5, 0.6) is 0 Å². The number of ether oxygens (including phenoxy) is 1. The molecule has 0 atom stereocenters. The van der Waals surface area contributed by atoms with Crippen molar-refractivity contribution in [2.24, 2.45) is 0 Å². The van der Waals surface area contributed by atoms with E-state index in [-0.39, 0.29) is 0 Å². The number of anilines is 2. The average Bonchev–Trinajstić information content (AvgIpc) is 2.57. The normalized spacial score (nSPS) is 10.4. The van der Waals surface area contributed by atoms with E-state index in [1.54, 1.807) is 13.3 Å². The Morgan fingerprint density at radius 1 is 1.00 bits per heavy atom. The summed E-state index contributed by atoms with van der Waals surface area (Å²) in [6.45, 7) is 2.45. The van der Waals surface area contributed by atoms with E-state index < -0.39 is 0 Å². The van der Waals surface area contributed by atoms with Crippen LogP contribution in [-0.4, -0.2) is 36.8 Å². The molecule has 2 N–H and O–H groups in total. The highest BCUT2D eigenvalue weighted by molar-refractivity contribution is 5.39. The van der Waals surface area contributed by atoms with Crippen molar-refractivity contribution in [1.82, 2.24) is 9.97 Å². The third-order valence-electron chi connectivity index (χ3n) is 3.26. The van der Waals surface area contributed by atoms with Crippen LogP contribution in [-0.2, 0) is 11.2 Å². The Hall–Kier alpha value is -2.14. The topological polar surface area (TPSA) is 59.1 Å². The molecule has 0 radical (unpaired) electrons. The van der Waals surface area contributed by atoms with E-state index in [0.29, 0.717) is 5.95 Å². The van der Waals surface area contributed by atoms with Crippen LogP contribution in [0.4, 0.5) is 11.8 Å². The number of hydrogen-bond donors (Lipinski definition) is 2. The summed E-state index contributed by atoms with van der Waals surface area (Å²) < 4.78 is 5.01. The van der Waals surface area contributed by atoms with Crippen molar-refractivity contribution < 1.29 is 4.74 Å². The van der Waals surface area contributed by atoms with Crippen molar-refractivity contribution in [3.8, 4) is 0 Å². The fourth-order valence-corrected chi connectivity index (χ4v) is 2.11. The lowest BCUT2D eigenvalue weighted by Crippen LogP contribution is -2.10. The molecule has 0 spiro atoms. The summed E-state index contributed by atoms with van der Waals surface area (Å²) in [6.07, 6.45) is 4.85. The Labute approximate surface area is 132 Å². The number of aryl methyl sites for hydroxylation is 1. The zero-order valence-electron chi connectivity index (χ0n) is 13.1. The molecular weight excluding hydrogens is 276 g/mol. The summed E-state index contributed by atoms with van der Waals surface area (Å²) in [5, 5.41) is 6.53. The van der Waals surface area contributed by atoms with Gasteiger partial charge in [-0.1, -0.05) is 30.3 Å². The molecular formula is C17H24N4O. The van der Waals surface area contributed by atoms with Crippen LogP contribution < -0.4 is 10.6 Å². The van der Waals surface area contributed by atoms with Crippen molar-refractivity contribution in [1.29, 1.82) is 0 Å². The molecule has 2 aromatic rings. The number of aromatic nitrogens is 2. The highest BCUT2D eigenvalue weighted by Gasteiger charge is 1.99. The van der Waals surface area contributed by atoms with E-state index >= 15 is 0 Å². The Kier molecular flexibility index (Phi) is 7.18. The van der Waals surface area contributed by atoms with E-state index in [1.165, 1.54) is 5.56 Å². The minimum absolute atomic E-state index is 0.657. The maximum Gasteiger partial charge on any atom is 0.224 e. The minimum Gasteiger partial charge on any atom is -0.385 e. The second kappa shape index (κ2) is 9.73. The fourth-order valence-electron chi connectivity index (χ4n) is 2.11. The molecule has 0 amide bonds. The van der Waals surface area contributed by atoms with E-state index in [9.17, 15) is 0 Å². The van der Waals surface area contributed by atoms with Crippen molar-refractivity contribution in [3.63, 3.8) is 0 Å². The molecule has 0 aliphatic heterocycles. The Bertz CT molecular complexity index is 533. The molecule has 1 heterocycles.